The van der Waals surface area contributed by atoms with Gasteiger partial charge in [-0.2, -0.15) is 0 Å². The zero-order valence-electron chi connectivity index (χ0n) is 11.7. The van der Waals surface area contributed by atoms with Gasteiger partial charge in [0.1, 0.15) is 17.6 Å². The van der Waals surface area contributed by atoms with E-state index in [1.54, 1.807) is 34.5 Å². The molecule has 106 valence electrons. The Morgan fingerprint density at radius 2 is 1.79 bits per heavy atom. The molecule has 3 unspecified atom stereocenters. The number of methoxy groups -OCH3 is 4. The van der Waals surface area contributed by atoms with Crippen LogP contribution in [0, 0.1) is 0 Å². The minimum atomic E-state index is -0.243. The lowest BCUT2D eigenvalue weighted by Gasteiger charge is -2.36. The molecular formula is C14H20O5. The number of phenols is 1. The summed E-state index contributed by atoms with van der Waals surface area (Å²) >= 11 is 0. The Labute approximate surface area is 113 Å². The third-order valence-electron chi connectivity index (χ3n) is 3.65. The average Bonchev–Trinajstić information content (AvgIpc) is 2.44. The average molecular weight is 268 g/mol. The fraction of sp³-hybridized carbons (Fsp3) is 0.571. The zero-order chi connectivity index (χ0) is 14.0. The lowest BCUT2D eigenvalue weighted by molar-refractivity contribution is -0.0781. The number of ether oxygens (including phenoxy) is 4. The van der Waals surface area contributed by atoms with Gasteiger partial charge < -0.3 is 24.1 Å². The van der Waals surface area contributed by atoms with Gasteiger partial charge in [0.05, 0.1) is 19.3 Å². The molecule has 5 heteroatoms. The van der Waals surface area contributed by atoms with Gasteiger partial charge in [-0.15, -0.1) is 0 Å². The summed E-state index contributed by atoms with van der Waals surface area (Å²) in [6.45, 7) is 0. The number of benzene rings is 1. The first-order valence-corrected chi connectivity index (χ1v) is 6.15. The van der Waals surface area contributed by atoms with Crippen LogP contribution in [0.25, 0.3) is 0 Å². The second-order valence-electron chi connectivity index (χ2n) is 4.54. The molecule has 0 spiro atoms. The molecule has 1 aromatic carbocycles. The Morgan fingerprint density at radius 3 is 2.32 bits per heavy atom. The van der Waals surface area contributed by atoms with Crippen molar-refractivity contribution in [1.29, 1.82) is 0 Å². The van der Waals surface area contributed by atoms with Crippen LogP contribution in [0.1, 0.15) is 29.8 Å². The maximum Gasteiger partial charge on any atom is 0.125 e. The number of hydrogen-bond acceptors (Lipinski definition) is 5. The van der Waals surface area contributed by atoms with Gasteiger partial charge >= 0.3 is 0 Å². The number of aromatic hydroxyl groups is 1. The van der Waals surface area contributed by atoms with Crippen molar-refractivity contribution < 1.29 is 24.1 Å². The van der Waals surface area contributed by atoms with Gasteiger partial charge in [-0.05, 0) is 11.6 Å². The van der Waals surface area contributed by atoms with Crippen LogP contribution >= 0.6 is 0 Å². The van der Waals surface area contributed by atoms with E-state index in [1.807, 2.05) is 6.07 Å². The summed E-state index contributed by atoms with van der Waals surface area (Å²) in [4.78, 5) is 0. The molecule has 0 saturated carbocycles. The fourth-order valence-corrected chi connectivity index (χ4v) is 2.70. The normalized spacial score (nSPS) is 26.0. The van der Waals surface area contributed by atoms with Crippen molar-refractivity contribution in [3.63, 3.8) is 0 Å². The van der Waals surface area contributed by atoms with Crippen LogP contribution in [0.4, 0.5) is 0 Å². The summed E-state index contributed by atoms with van der Waals surface area (Å²) in [5.74, 6) is 0.753. The zero-order valence-corrected chi connectivity index (χ0v) is 11.7. The van der Waals surface area contributed by atoms with Gasteiger partial charge in [-0.25, -0.2) is 0 Å². The van der Waals surface area contributed by atoms with Gasteiger partial charge in [0.2, 0.25) is 0 Å². The smallest absolute Gasteiger partial charge is 0.125 e. The van der Waals surface area contributed by atoms with Gasteiger partial charge in [-0.3, -0.25) is 0 Å². The molecule has 19 heavy (non-hydrogen) atoms. The van der Waals surface area contributed by atoms with E-state index in [0.717, 1.165) is 11.1 Å². The maximum absolute atomic E-state index is 10.2. The van der Waals surface area contributed by atoms with Crippen LogP contribution in [0.3, 0.4) is 0 Å². The van der Waals surface area contributed by atoms with Crippen LogP contribution in [0.15, 0.2) is 12.1 Å². The number of rotatable bonds is 4. The molecule has 0 fully saturated rings. The van der Waals surface area contributed by atoms with Crippen LogP contribution in [0.2, 0.25) is 0 Å². The third kappa shape index (κ3) is 2.41. The van der Waals surface area contributed by atoms with Gasteiger partial charge in [0, 0.05) is 39.4 Å². The second kappa shape index (κ2) is 5.77. The Morgan fingerprint density at radius 1 is 1.05 bits per heavy atom. The summed E-state index contributed by atoms with van der Waals surface area (Å²) in [6.07, 6.45) is 0.0666. The molecule has 5 nitrogen and oxygen atoms in total. The van der Waals surface area contributed by atoms with E-state index in [2.05, 4.69) is 0 Å². The van der Waals surface area contributed by atoms with Gasteiger partial charge in [0.15, 0.2) is 0 Å². The van der Waals surface area contributed by atoms with Crippen LogP contribution in [-0.2, 0) is 14.2 Å². The van der Waals surface area contributed by atoms with Crippen LogP contribution < -0.4 is 4.74 Å². The van der Waals surface area contributed by atoms with Gasteiger partial charge in [-0.1, -0.05) is 0 Å². The second-order valence-corrected chi connectivity index (χ2v) is 4.54. The molecule has 0 bridgehead atoms. The van der Waals surface area contributed by atoms with Crippen molar-refractivity contribution in [1.82, 2.24) is 0 Å². The number of hydrogen-bond donors (Lipinski definition) is 1. The van der Waals surface area contributed by atoms with Crippen LogP contribution in [0.5, 0.6) is 11.5 Å². The summed E-state index contributed by atoms with van der Waals surface area (Å²) in [5.41, 5.74) is 1.60. The van der Waals surface area contributed by atoms with E-state index in [1.165, 1.54) is 0 Å². The lowest BCUT2D eigenvalue weighted by Crippen LogP contribution is -2.31. The first kappa shape index (κ1) is 14.1. The molecule has 0 amide bonds. The molecule has 0 aromatic heterocycles. The molecule has 1 aliphatic carbocycles. The van der Waals surface area contributed by atoms with Crippen LogP contribution in [-0.4, -0.2) is 39.6 Å². The number of fused-ring (bicyclic) bond motifs is 1. The Hall–Kier alpha value is -1.30. The monoisotopic (exact) mass is 268 g/mol. The van der Waals surface area contributed by atoms with Crippen molar-refractivity contribution in [2.75, 3.05) is 28.4 Å². The molecule has 1 aliphatic rings. The molecule has 0 radical (unpaired) electrons. The SMILES string of the molecule is COc1cc(O)c2c(c1)C(OC)C(OC)CC2OC. The van der Waals surface area contributed by atoms with E-state index in [-0.39, 0.29) is 24.1 Å². The third-order valence-corrected chi connectivity index (χ3v) is 3.65. The van der Waals surface area contributed by atoms with Crippen molar-refractivity contribution in [2.24, 2.45) is 0 Å². The molecule has 1 N–H and O–H groups in total. The molecule has 2 rings (SSSR count). The summed E-state index contributed by atoms with van der Waals surface area (Å²) in [7, 11) is 6.46. The van der Waals surface area contributed by atoms with Crippen molar-refractivity contribution in [2.45, 2.75) is 24.7 Å². The standard InChI is InChI=1S/C14H20O5/c1-16-8-5-9-13(10(15)6-8)11(17-2)7-12(18-3)14(9)19-4/h5-6,11-12,14-15H,7H2,1-4H3. The topological polar surface area (TPSA) is 57.2 Å². The van der Waals surface area contributed by atoms with Crippen molar-refractivity contribution in [3.8, 4) is 11.5 Å². The highest BCUT2D eigenvalue weighted by molar-refractivity contribution is 5.50. The van der Waals surface area contributed by atoms with E-state index < -0.39 is 0 Å². The lowest BCUT2D eigenvalue weighted by atomic mass is 9.84. The molecule has 0 saturated heterocycles. The molecule has 0 heterocycles. The van der Waals surface area contributed by atoms with Gasteiger partial charge in [0.25, 0.3) is 0 Å². The molecular weight excluding hydrogens is 248 g/mol. The maximum atomic E-state index is 10.2. The summed E-state index contributed by atoms with van der Waals surface area (Å²) in [5, 5.41) is 10.2. The first-order chi connectivity index (χ1) is 9.15. The van der Waals surface area contributed by atoms with Crippen molar-refractivity contribution in [3.05, 3.63) is 23.3 Å². The minimum Gasteiger partial charge on any atom is -0.507 e. The largest absolute Gasteiger partial charge is 0.507 e. The quantitative estimate of drug-likeness (QED) is 0.907. The summed E-state index contributed by atoms with van der Waals surface area (Å²) < 4.78 is 21.6. The van der Waals surface area contributed by atoms with Crippen molar-refractivity contribution >= 4 is 0 Å². The highest BCUT2D eigenvalue weighted by Gasteiger charge is 2.37. The molecule has 3 atom stereocenters. The Kier molecular flexibility index (Phi) is 4.29. The van der Waals surface area contributed by atoms with E-state index in [9.17, 15) is 5.11 Å². The highest BCUT2D eigenvalue weighted by atomic mass is 16.5. The fourth-order valence-electron chi connectivity index (χ4n) is 2.70. The predicted molar refractivity (Wildman–Crippen MR) is 69.6 cm³/mol. The molecule has 1 aromatic rings. The Balaban J connectivity index is 2.56. The predicted octanol–water partition coefficient (Wildman–Crippen LogP) is 2.19. The first-order valence-electron chi connectivity index (χ1n) is 6.15. The van der Waals surface area contributed by atoms with E-state index in [0.29, 0.717) is 12.2 Å². The Bertz CT molecular complexity index is 446. The number of phenolic OH excluding ortho intramolecular Hbond substituents is 1. The summed E-state index contributed by atoms with van der Waals surface area (Å²) in [6, 6.07) is 3.45. The molecule has 0 aliphatic heterocycles. The highest BCUT2D eigenvalue weighted by Crippen LogP contribution is 2.46. The van der Waals surface area contributed by atoms with E-state index >= 15 is 0 Å². The van der Waals surface area contributed by atoms with E-state index in [4.69, 9.17) is 18.9 Å². The minimum absolute atomic E-state index is 0.117.